The van der Waals surface area contributed by atoms with Crippen LogP contribution in [0.4, 0.5) is 0 Å². The van der Waals surface area contributed by atoms with E-state index in [2.05, 4.69) is 22.5 Å². The van der Waals surface area contributed by atoms with Crippen molar-refractivity contribution in [2.75, 3.05) is 0 Å². The highest BCUT2D eigenvalue weighted by Gasteiger charge is 2.48. The number of fused-ring (bicyclic) bond motifs is 1. The lowest BCUT2D eigenvalue weighted by atomic mass is 9.82. The lowest BCUT2D eigenvalue weighted by Gasteiger charge is -2.25. The average molecular weight is 339 g/mol. The molecule has 2 aromatic rings. The highest BCUT2D eigenvalue weighted by Crippen LogP contribution is 2.39. The molecular weight excluding hydrogens is 328 g/mol. The highest BCUT2D eigenvalue weighted by molar-refractivity contribution is 6.15. The van der Waals surface area contributed by atoms with Crippen LogP contribution in [0.5, 0.6) is 0 Å². The lowest BCUT2D eigenvalue weighted by Crippen LogP contribution is -2.44. The Bertz CT molecular complexity index is 986. The Morgan fingerprint density at radius 2 is 2.21 bits per heavy atom. The van der Waals surface area contributed by atoms with Gasteiger partial charge in [0.25, 0.3) is 0 Å². The summed E-state index contributed by atoms with van der Waals surface area (Å²) < 4.78 is 1.06. The molecular formula is C16H11ClN6O. The number of amides is 1. The number of nitrogens with one attached hydrogen (secondary N) is 1. The van der Waals surface area contributed by atoms with Crippen LogP contribution in [0.15, 0.2) is 41.7 Å². The van der Waals surface area contributed by atoms with Gasteiger partial charge in [-0.25, -0.2) is 4.53 Å². The number of aromatic nitrogens is 1. The van der Waals surface area contributed by atoms with Crippen LogP contribution < -0.4 is 11.2 Å². The second-order valence-electron chi connectivity index (χ2n) is 5.29. The van der Waals surface area contributed by atoms with Crippen LogP contribution >= 0.6 is 11.8 Å². The van der Waals surface area contributed by atoms with Crippen molar-refractivity contribution in [1.82, 2.24) is 14.9 Å². The summed E-state index contributed by atoms with van der Waals surface area (Å²) in [6, 6.07) is 10.8. The Labute approximate surface area is 142 Å². The second kappa shape index (κ2) is 5.50. The number of nitriles is 2. The van der Waals surface area contributed by atoms with E-state index < -0.39 is 11.4 Å². The van der Waals surface area contributed by atoms with Crippen LogP contribution in [0.1, 0.15) is 18.1 Å². The summed E-state index contributed by atoms with van der Waals surface area (Å²) in [6.07, 6.45) is 1.58. The molecule has 1 aromatic heterocycles. The largest absolute Gasteiger partial charge is 0.366 e. The summed E-state index contributed by atoms with van der Waals surface area (Å²) in [4.78, 5) is 16.1. The highest BCUT2D eigenvalue weighted by atomic mass is 35.5. The number of pyridine rings is 1. The van der Waals surface area contributed by atoms with Crippen molar-refractivity contribution >= 4 is 28.6 Å². The predicted molar refractivity (Wildman–Crippen MR) is 86.5 cm³/mol. The van der Waals surface area contributed by atoms with Gasteiger partial charge < -0.3 is 5.73 Å². The molecule has 1 aliphatic heterocycles. The third-order valence-electron chi connectivity index (χ3n) is 3.97. The number of benzene rings is 1. The van der Waals surface area contributed by atoms with Gasteiger partial charge in [-0.3, -0.25) is 9.78 Å². The molecule has 2 heterocycles. The first-order chi connectivity index (χ1) is 11.4. The predicted octanol–water partition coefficient (Wildman–Crippen LogP) is 1.56. The molecule has 1 aromatic carbocycles. The molecule has 1 atom stereocenters. The number of halogens is 1. The molecule has 0 spiro atoms. The van der Waals surface area contributed by atoms with Gasteiger partial charge in [0.1, 0.15) is 6.07 Å². The number of hydrogen-bond donors (Lipinski definition) is 2. The molecule has 3 N–H and O–H groups in total. The molecule has 0 aliphatic carbocycles. The van der Waals surface area contributed by atoms with E-state index in [0.29, 0.717) is 22.2 Å². The third-order valence-corrected chi connectivity index (χ3v) is 4.31. The van der Waals surface area contributed by atoms with Gasteiger partial charge in [-0.05, 0) is 30.7 Å². The lowest BCUT2D eigenvalue weighted by molar-refractivity contribution is -0.115. The fourth-order valence-electron chi connectivity index (χ4n) is 2.87. The molecule has 1 unspecified atom stereocenters. The monoisotopic (exact) mass is 338 g/mol. The fourth-order valence-corrected chi connectivity index (χ4v) is 3.08. The summed E-state index contributed by atoms with van der Waals surface area (Å²) in [5.41, 5.74) is 8.21. The zero-order chi connectivity index (χ0) is 17.5. The molecule has 0 bridgehead atoms. The van der Waals surface area contributed by atoms with Crippen molar-refractivity contribution < 1.29 is 4.79 Å². The Morgan fingerprint density at radius 3 is 2.83 bits per heavy atom. The average Bonchev–Trinajstić information content (AvgIpc) is 2.85. The van der Waals surface area contributed by atoms with E-state index >= 15 is 0 Å². The molecule has 1 amide bonds. The van der Waals surface area contributed by atoms with Gasteiger partial charge in [0, 0.05) is 23.4 Å². The zero-order valence-corrected chi connectivity index (χ0v) is 13.3. The van der Waals surface area contributed by atoms with Crippen LogP contribution in [-0.2, 0) is 10.3 Å². The van der Waals surface area contributed by atoms with Crippen molar-refractivity contribution in [3.8, 4) is 12.1 Å². The van der Waals surface area contributed by atoms with E-state index in [-0.39, 0.29) is 11.1 Å². The number of primary amides is 1. The van der Waals surface area contributed by atoms with Gasteiger partial charge in [0.05, 0.1) is 28.4 Å². The normalized spacial score (nSPS) is 20.1. The molecule has 24 heavy (non-hydrogen) atoms. The van der Waals surface area contributed by atoms with E-state index in [1.807, 2.05) is 0 Å². The van der Waals surface area contributed by atoms with Crippen molar-refractivity contribution in [3.05, 3.63) is 52.9 Å². The molecule has 7 nitrogen and oxygen atoms in total. The van der Waals surface area contributed by atoms with Gasteiger partial charge in [0.15, 0.2) is 5.54 Å². The Hall–Kier alpha value is -3.13. The summed E-state index contributed by atoms with van der Waals surface area (Å²) in [7, 11) is 0. The number of rotatable bonds is 2. The topological polar surface area (TPSA) is 119 Å². The number of carbonyl (C=O) groups excluding carboxylic acids is 1. The standard InChI is InChI=1S/C16H11ClN6O/c1-9-13(15(20)24)16(8-19,22-23(9)17)12-5-10-3-2-4-21-14(10)11(6-12)7-18/h2-6,22H,1H3,(H2,20,24). The van der Waals surface area contributed by atoms with Gasteiger partial charge in [-0.2, -0.15) is 15.9 Å². The Kier molecular flexibility index (Phi) is 3.61. The number of hydrogen-bond acceptors (Lipinski definition) is 6. The molecule has 8 heteroatoms. The SMILES string of the molecule is CC1=C(C(N)=O)C(C#N)(c2cc(C#N)c3ncccc3c2)NN1Cl. The summed E-state index contributed by atoms with van der Waals surface area (Å²) in [6.45, 7) is 1.58. The molecule has 1 aliphatic rings. The van der Waals surface area contributed by atoms with E-state index in [9.17, 15) is 15.3 Å². The van der Waals surface area contributed by atoms with Crippen LogP contribution in [0.3, 0.4) is 0 Å². The summed E-state index contributed by atoms with van der Waals surface area (Å²) in [5, 5.41) is 19.9. The minimum absolute atomic E-state index is 0.0344. The number of hydrazine groups is 1. The van der Waals surface area contributed by atoms with E-state index in [1.165, 1.54) is 6.07 Å². The fraction of sp³-hybridized carbons (Fsp3) is 0.125. The first kappa shape index (κ1) is 15.8. The molecule has 0 fully saturated rings. The maximum atomic E-state index is 11.9. The van der Waals surface area contributed by atoms with Crippen LogP contribution in [0.2, 0.25) is 0 Å². The van der Waals surface area contributed by atoms with Crippen molar-refractivity contribution in [3.63, 3.8) is 0 Å². The quantitative estimate of drug-likeness (QED) is 0.802. The van der Waals surface area contributed by atoms with Crippen LogP contribution in [-0.4, -0.2) is 15.4 Å². The number of carbonyl (C=O) groups is 1. The van der Waals surface area contributed by atoms with Crippen LogP contribution in [0.25, 0.3) is 10.9 Å². The molecule has 0 saturated heterocycles. The minimum atomic E-state index is -1.58. The van der Waals surface area contributed by atoms with Gasteiger partial charge in [-0.15, -0.1) is 0 Å². The van der Waals surface area contributed by atoms with Gasteiger partial charge in [-0.1, -0.05) is 6.07 Å². The van der Waals surface area contributed by atoms with Gasteiger partial charge >= 0.3 is 0 Å². The maximum Gasteiger partial charge on any atom is 0.249 e. The minimum Gasteiger partial charge on any atom is -0.366 e. The van der Waals surface area contributed by atoms with E-state index in [1.54, 1.807) is 31.3 Å². The molecule has 118 valence electrons. The van der Waals surface area contributed by atoms with Crippen LogP contribution in [0, 0.1) is 22.7 Å². The zero-order valence-electron chi connectivity index (χ0n) is 12.5. The first-order valence-corrected chi connectivity index (χ1v) is 7.24. The third kappa shape index (κ3) is 2.08. The number of allylic oxidation sites excluding steroid dienone is 1. The Balaban J connectivity index is 2.35. The second-order valence-corrected chi connectivity index (χ2v) is 5.63. The maximum absolute atomic E-state index is 11.9. The molecule has 0 saturated carbocycles. The number of nitrogens with zero attached hydrogens (tertiary/aromatic N) is 4. The van der Waals surface area contributed by atoms with Crippen molar-refractivity contribution in [1.29, 1.82) is 10.5 Å². The Morgan fingerprint density at radius 1 is 1.46 bits per heavy atom. The molecule has 3 rings (SSSR count). The van der Waals surface area contributed by atoms with Crippen molar-refractivity contribution in [2.45, 2.75) is 12.5 Å². The smallest absolute Gasteiger partial charge is 0.249 e. The number of nitrogens with two attached hydrogens (primary N) is 1. The molecule has 0 radical (unpaired) electrons. The van der Waals surface area contributed by atoms with Crippen molar-refractivity contribution in [2.24, 2.45) is 5.73 Å². The first-order valence-electron chi connectivity index (χ1n) is 6.90. The van der Waals surface area contributed by atoms with Gasteiger partial charge in [0.2, 0.25) is 5.91 Å². The summed E-state index contributed by atoms with van der Waals surface area (Å²) >= 11 is 6.03. The summed E-state index contributed by atoms with van der Waals surface area (Å²) in [5.74, 6) is -0.769. The van der Waals surface area contributed by atoms with E-state index in [0.717, 1.165) is 4.53 Å². The van der Waals surface area contributed by atoms with E-state index in [4.69, 9.17) is 17.5 Å².